The number of anilines is 1. The quantitative estimate of drug-likeness (QED) is 0.722. The number of nitrogens with zero attached hydrogens (tertiary/aromatic N) is 2. The van der Waals surface area contributed by atoms with Crippen molar-refractivity contribution in [1.29, 1.82) is 0 Å². The molecule has 1 N–H and O–H groups in total. The van der Waals surface area contributed by atoms with Crippen LogP contribution < -0.4 is 10.2 Å². The van der Waals surface area contributed by atoms with Gasteiger partial charge in [0.05, 0.1) is 0 Å². The summed E-state index contributed by atoms with van der Waals surface area (Å²) in [6, 6.07) is 4.73. The van der Waals surface area contributed by atoms with E-state index in [2.05, 4.69) is 35.1 Å². The molecule has 2 heterocycles. The lowest BCUT2D eigenvalue weighted by Crippen LogP contribution is -2.50. The van der Waals surface area contributed by atoms with Crippen molar-refractivity contribution < 1.29 is 0 Å². The molecule has 0 unspecified atom stereocenters. The topological polar surface area (TPSA) is 28.2 Å². The number of pyridine rings is 1. The monoisotopic (exact) mass is 191 g/mol. The van der Waals surface area contributed by atoms with Gasteiger partial charge in [-0.25, -0.2) is 4.98 Å². The van der Waals surface area contributed by atoms with Crippen LogP contribution in [-0.2, 0) is 0 Å². The molecular formula is C11H17N3. The second kappa shape index (κ2) is 3.96. The van der Waals surface area contributed by atoms with Crippen molar-refractivity contribution in [2.45, 2.75) is 19.9 Å². The largest absolute Gasteiger partial charge is 0.351 e. The van der Waals surface area contributed by atoms with Gasteiger partial charge in [-0.05, 0) is 31.5 Å². The van der Waals surface area contributed by atoms with Crippen molar-refractivity contribution in [3.05, 3.63) is 23.9 Å². The Morgan fingerprint density at radius 1 is 1.57 bits per heavy atom. The van der Waals surface area contributed by atoms with Crippen LogP contribution >= 0.6 is 0 Å². The third-order valence-electron chi connectivity index (χ3n) is 2.70. The van der Waals surface area contributed by atoms with Crippen LogP contribution in [-0.4, -0.2) is 30.7 Å². The minimum atomic E-state index is 0.540. The van der Waals surface area contributed by atoms with Gasteiger partial charge < -0.3 is 10.2 Å². The first kappa shape index (κ1) is 9.46. The number of aromatic nitrogens is 1. The lowest BCUT2D eigenvalue weighted by Gasteiger charge is -2.35. The molecule has 2 rings (SSSR count). The Labute approximate surface area is 85.1 Å². The summed E-state index contributed by atoms with van der Waals surface area (Å²) in [5, 5.41) is 3.38. The maximum absolute atomic E-state index is 4.41. The van der Waals surface area contributed by atoms with Crippen molar-refractivity contribution in [3.8, 4) is 0 Å². The lowest BCUT2D eigenvalue weighted by atomic mass is 10.2. The van der Waals surface area contributed by atoms with Gasteiger partial charge in [-0.15, -0.1) is 0 Å². The summed E-state index contributed by atoms with van der Waals surface area (Å²) in [5.74, 6) is 1.11. The van der Waals surface area contributed by atoms with Gasteiger partial charge in [0.1, 0.15) is 5.82 Å². The second-order valence-corrected chi connectivity index (χ2v) is 3.94. The highest BCUT2D eigenvalue weighted by molar-refractivity contribution is 5.42. The molecule has 0 bridgehead atoms. The van der Waals surface area contributed by atoms with E-state index in [1.54, 1.807) is 0 Å². The average molecular weight is 191 g/mol. The predicted octanol–water partition coefficient (Wildman–Crippen LogP) is 1.19. The van der Waals surface area contributed by atoms with Crippen molar-refractivity contribution in [2.24, 2.45) is 0 Å². The number of hydrogen-bond acceptors (Lipinski definition) is 3. The summed E-state index contributed by atoms with van der Waals surface area (Å²) in [4.78, 5) is 6.78. The molecule has 1 aliphatic heterocycles. The van der Waals surface area contributed by atoms with Crippen molar-refractivity contribution >= 4 is 5.82 Å². The molecule has 1 atom stereocenters. The maximum Gasteiger partial charge on any atom is 0.129 e. The van der Waals surface area contributed by atoms with Crippen LogP contribution in [0.5, 0.6) is 0 Å². The highest BCUT2D eigenvalue weighted by Gasteiger charge is 2.18. The Morgan fingerprint density at radius 2 is 2.43 bits per heavy atom. The summed E-state index contributed by atoms with van der Waals surface area (Å²) in [6.07, 6.45) is 1.89. The highest BCUT2D eigenvalue weighted by Crippen LogP contribution is 2.15. The molecule has 0 aliphatic carbocycles. The molecule has 0 radical (unpaired) electrons. The molecule has 1 aromatic heterocycles. The van der Waals surface area contributed by atoms with Crippen molar-refractivity contribution in [1.82, 2.24) is 10.3 Å². The molecule has 0 spiro atoms. The fourth-order valence-electron chi connectivity index (χ4n) is 1.86. The van der Waals surface area contributed by atoms with E-state index < -0.39 is 0 Å². The number of rotatable bonds is 1. The van der Waals surface area contributed by atoms with E-state index in [-0.39, 0.29) is 0 Å². The second-order valence-electron chi connectivity index (χ2n) is 3.94. The molecular weight excluding hydrogens is 174 g/mol. The third kappa shape index (κ3) is 1.87. The van der Waals surface area contributed by atoms with Crippen LogP contribution in [0.2, 0.25) is 0 Å². The van der Waals surface area contributed by atoms with Crippen molar-refractivity contribution in [3.63, 3.8) is 0 Å². The predicted molar refractivity (Wildman–Crippen MR) is 58.7 cm³/mol. The van der Waals surface area contributed by atoms with Gasteiger partial charge in [0, 0.05) is 31.9 Å². The van der Waals surface area contributed by atoms with Gasteiger partial charge >= 0.3 is 0 Å². The summed E-state index contributed by atoms with van der Waals surface area (Å²) in [6.45, 7) is 7.50. The fourth-order valence-corrected chi connectivity index (χ4v) is 1.86. The first-order valence-electron chi connectivity index (χ1n) is 5.17. The Morgan fingerprint density at radius 3 is 3.14 bits per heavy atom. The van der Waals surface area contributed by atoms with E-state index in [1.807, 2.05) is 12.3 Å². The van der Waals surface area contributed by atoms with Crippen LogP contribution in [0.15, 0.2) is 18.3 Å². The first-order valence-corrected chi connectivity index (χ1v) is 5.17. The SMILES string of the molecule is Cc1ccnc(N2CCNC[C@@H]2C)c1. The minimum Gasteiger partial charge on any atom is -0.351 e. The van der Waals surface area contributed by atoms with Gasteiger partial charge in [0.15, 0.2) is 0 Å². The summed E-state index contributed by atoms with van der Waals surface area (Å²) in [7, 11) is 0. The Balaban J connectivity index is 2.20. The maximum atomic E-state index is 4.41. The number of piperazine rings is 1. The molecule has 1 saturated heterocycles. The van der Waals surface area contributed by atoms with Crippen LogP contribution in [0.3, 0.4) is 0 Å². The van der Waals surface area contributed by atoms with Gasteiger partial charge in [0.25, 0.3) is 0 Å². The van der Waals surface area contributed by atoms with Gasteiger partial charge in [-0.3, -0.25) is 0 Å². The fraction of sp³-hybridized carbons (Fsp3) is 0.545. The standard InChI is InChI=1S/C11H17N3/c1-9-3-4-13-11(7-9)14-6-5-12-8-10(14)2/h3-4,7,10,12H,5-6,8H2,1-2H3/t10-/m0/s1. The van der Waals surface area contributed by atoms with E-state index in [0.717, 1.165) is 25.5 Å². The zero-order chi connectivity index (χ0) is 9.97. The average Bonchev–Trinajstić information content (AvgIpc) is 2.18. The van der Waals surface area contributed by atoms with Gasteiger partial charge in [0.2, 0.25) is 0 Å². The molecule has 76 valence electrons. The molecule has 0 amide bonds. The third-order valence-corrected chi connectivity index (χ3v) is 2.70. The Bertz CT molecular complexity index is 311. The number of nitrogens with one attached hydrogen (secondary N) is 1. The Hall–Kier alpha value is -1.09. The lowest BCUT2D eigenvalue weighted by molar-refractivity contribution is 0.497. The van der Waals surface area contributed by atoms with Gasteiger partial charge in [-0.2, -0.15) is 0 Å². The van der Waals surface area contributed by atoms with Crippen LogP contribution in [0.4, 0.5) is 5.82 Å². The highest BCUT2D eigenvalue weighted by atomic mass is 15.3. The first-order chi connectivity index (χ1) is 6.77. The van der Waals surface area contributed by atoms with Crippen LogP contribution in [0.25, 0.3) is 0 Å². The normalized spacial score (nSPS) is 22.4. The summed E-state index contributed by atoms with van der Waals surface area (Å²) >= 11 is 0. The summed E-state index contributed by atoms with van der Waals surface area (Å²) < 4.78 is 0. The molecule has 1 aromatic rings. The molecule has 1 fully saturated rings. The molecule has 0 saturated carbocycles. The molecule has 3 heteroatoms. The summed E-state index contributed by atoms with van der Waals surface area (Å²) in [5.41, 5.74) is 1.28. The number of hydrogen-bond donors (Lipinski definition) is 1. The van der Waals surface area contributed by atoms with E-state index in [1.165, 1.54) is 5.56 Å². The van der Waals surface area contributed by atoms with E-state index in [9.17, 15) is 0 Å². The molecule has 14 heavy (non-hydrogen) atoms. The van der Waals surface area contributed by atoms with Gasteiger partial charge in [-0.1, -0.05) is 0 Å². The zero-order valence-electron chi connectivity index (χ0n) is 8.83. The zero-order valence-corrected chi connectivity index (χ0v) is 8.83. The van der Waals surface area contributed by atoms with Crippen LogP contribution in [0, 0.1) is 6.92 Å². The molecule has 3 nitrogen and oxygen atoms in total. The Kier molecular flexibility index (Phi) is 2.68. The van der Waals surface area contributed by atoms with E-state index in [4.69, 9.17) is 0 Å². The van der Waals surface area contributed by atoms with E-state index >= 15 is 0 Å². The minimum absolute atomic E-state index is 0.540. The smallest absolute Gasteiger partial charge is 0.129 e. The molecule has 0 aromatic carbocycles. The van der Waals surface area contributed by atoms with E-state index in [0.29, 0.717) is 6.04 Å². The molecule has 1 aliphatic rings. The number of aryl methyl sites for hydroxylation is 1. The van der Waals surface area contributed by atoms with Crippen LogP contribution in [0.1, 0.15) is 12.5 Å². The van der Waals surface area contributed by atoms with Crippen molar-refractivity contribution in [2.75, 3.05) is 24.5 Å².